The molecule has 1 aliphatic rings. The zero-order valence-corrected chi connectivity index (χ0v) is 12.9. The van der Waals surface area contributed by atoms with Gasteiger partial charge in [-0.2, -0.15) is 16.9 Å². The van der Waals surface area contributed by atoms with Gasteiger partial charge in [0, 0.05) is 30.8 Å². The number of aromatic amines is 1. The minimum absolute atomic E-state index is 0.00278. The quantitative estimate of drug-likeness (QED) is 0.919. The highest BCUT2D eigenvalue weighted by molar-refractivity contribution is 7.99. The number of methoxy groups -OCH3 is 1. The summed E-state index contributed by atoms with van der Waals surface area (Å²) >= 11 is 1.90. The van der Waals surface area contributed by atoms with Gasteiger partial charge in [0.05, 0.1) is 12.1 Å². The highest BCUT2D eigenvalue weighted by Crippen LogP contribution is 2.25. The molecule has 1 N–H and O–H groups in total. The number of nitrogens with zero attached hydrogens (tertiary/aromatic N) is 2. The Morgan fingerprint density at radius 2 is 2.38 bits per heavy atom. The van der Waals surface area contributed by atoms with Crippen molar-refractivity contribution in [3.8, 4) is 0 Å². The number of hydrogen-bond acceptors (Lipinski definition) is 4. The van der Waals surface area contributed by atoms with Crippen LogP contribution in [0.2, 0.25) is 0 Å². The highest BCUT2D eigenvalue weighted by atomic mass is 32.2. The smallest absolute Gasteiger partial charge is 0.275 e. The average molecular weight is 305 g/mol. The molecule has 0 bridgehead atoms. The largest absolute Gasteiger partial charge is 0.383 e. The first-order valence-corrected chi connectivity index (χ1v) is 8.27. The number of thioether (sulfide) groups is 1. The van der Waals surface area contributed by atoms with Gasteiger partial charge in [-0.3, -0.25) is 9.89 Å². The van der Waals surface area contributed by atoms with Crippen molar-refractivity contribution in [3.05, 3.63) is 30.0 Å². The summed E-state index contributed by atoms with van der Waals surface area (Å²) in [4.78, 5) is 14.8. The summed E-state index contributed by atoms with van der Waals surface area (Å²) in [5.74, 6) is 2.11. The number of H-pyrrole nitrogens is 1. The highest BCUT2D eigenvalue weighted by Gasteiger charge is 2.29. The maximum absolute atomic E-state index is 12.9. The maximum Gasteiger partial charge on any atom is 0.275 e. The average Bonchev–Trinajstić information content (AvgIpc) is 3.17. The van der Waals surface area contributed by atoms with Crippen LogP contribution in [0.4, 0.5) is 0 Å². The number of nitrogens with one attached hydrogen (secondary N) is 1. The van der Waals surface area contributed by atoms with Crippen molar-refractivity contribution in [2.24, 2.45) is 0 Å². The van der Waals surface area contributed by atoms with Crippen LogP contribution >= 0.6 is 11.8 Å². The minimum Gasteiger partial charge on any atom is -0.383 e. The lowest BCUT2D eigenvalue weighted by Gasteiger charge is -2.27. The zero-order valence-electron chi connectivity index (χ0n) is 12.0. The van der Waals surface area contributed by atoms with Crippen LogP contribution in [0.5, 0.6) is 0 Å². The van der Waals surface area contributed by atoms with Gasteiger partial charge in [-0.25, -0.2) is 0 Å². The van der Waals surface area contributed by atoms with Crippen LogP contribution in [0.15, 0.2) is 24.3 Å². The predicted octanol–water partition coefficient (Wildman–Crippen LogP) is 2.16. The molecule has 6 heteroatoms. The van der Waals surface area contributed by atoms with Gasteiger partial charge in [-0.1, -0.05) is 18.2 Å². The molecule has 1 fully saturated rings. The molecule has 1 aromatic heterocycles. The summed E-state index contributed by atoms with van der Waals surface area (Å²) in [5.41, 5.74) is 1.41. The molecule has 5 nitrogen and oxygen atoms in total. The Bertz CT molecular complexity index is 622. The lowest BCUT2D eigenvalue weighted by atomic mass is 10.1. The van der Waals surface area contributed by atoms with Crippen molar-refractivity contribution < 1.29 is 9.53 Å². The number of amides is 1. The Morgan fingerprint density at radius 3 is 3.14 bits per heavy atom. The second kappa shape index (κ2) is 6.49. The summed E-state index contributed by atoms with van der Waals surface area (Å²) in [6, 6.07) is 8.02. The van der Waals surface area contributed by atoms with E-state index in [9.17, 15) is 4.79 Å². The number of hydrogen-bond donors (Lipinski definition) is 1. The van der Waals surface area contributed by atoms with Crippen molar-refractivity contribution in [2.45, 2.75) is 12.5 Å². The van der Waals surface area contributed by atoms with Gasteiger partial charge in [0.1, 0.15) is 0 Å². The second-order valence-electron chi connectivity index (χ2n) is 5.13. The van der Waals surface area contributed by atoms with E-state index in [0.29, 0.717) is 18.8 Å². The van der Waals surface area contributed by atoms with Crippen molar-refractivity contribution in [1.82, 2.24) is 15.1 Å². The number of para-hydroxylation sites is 1. The molecule has 0 radical (unpaired) electrons. The third kappa shape index (κ3) is 2.91. The molecule has 21 heavy (non-hydrogen) atoms. The molecule has 1 amide bonds. The number of carbonyl (C=O) groups excluding carboxylic acids is 1. The predicted molar refractivity (Wildman–Crippen MR) is 84.7 cm³/mol. The second-order valence-corrected chi connectivity index (χ2v) is 6.28. The van der Waals surface area contributed by atoms with Gasteiger partial charge in [-0.05, 0) is 18.2 Å². The zero-order chi connectivity index (χ0) is 14.7. The van der Waals surface area contributed by atoms with Crippen molar-refractivity contribution in [1.29, 1.82) is 0 Å². The Hall–Kier alpha value is -1.53. The van der Waals surface area contributed by atoms with E-state index >= 15 is 0 Å². The molecular weight excluding hydrogens is 286 g/mol. The van der Waals surface area contributed by atoms with Crippen LogP contribution in [-0.4, -0.2) is 58.8 Å². The molecule has 1 atom stereocenters. The van der Waals surface area contributed by atoms with Gasteiger partial charge in [0.25, 0.3) is 5.91 Å². The van der Waals surface area contributed by atoms with E-state index in [1.54, 1.807) is 7.11 Å². The Balaban J connectivity index is 1.88. The van der Waals surface area contributed by atoms with Crippen molar-refractivity contribution >= 4 is 28.6 Å². The first-order valence-electron chi connectivity index (χ1n) is 7.12. The van der Waals surface area contributed by atoms with Crippen molar-refractivity contribution in [3.63, 3.8) is 0 Å². The third-order valence-electron chi connectivity index (χ3n) is 3.82. The number of rotatable bonds is 5. The molecule has 2 heterocycles. The van der Waals surface area contributed by atoms with E-state index in [-0.39, 0.29) is 11.9 Å². The molecule has 0 saturated carbocycles. The maximum atomic E-state index is 12.9. The molecule has 0 aliphatic carbocycles. The van der Waals surface area contributed by atoms with E-state index in [1.165, 1.54) is 0 Å². The van der Waals surface area contributed by atoms with Crippen LogP contribution in [0, 0.1) is 0 Å². The summed E-state index contributed by atoms with van der Waals surface area (Å²) in [6.07, 6.45) is 1.04. The van der Waals surface area contributed by atoms with Crippen molar-refractivity contribution in [2.75, 3.05) is 31.8 Å². The number of benzene rings is 1. The SMILES string of the molecule is COCCN(C(=O)c1n[nH]c2ccccc12)C1CCSC1. The third-order valence-corrected chi connectivity index (χ3v) is 4.96. The fraction of sp³-hybridized carbons (Fsp3) is 0.467. The van der Waals surface area contributed by atoms with E-state index in [2.05, 4.69) is 10.2 Å². The van der Waals surface area contributed by atoms with Gasteiger partial charge < -0.3 is 9.64 Å². The van der Waals surface area contributed by atoms with Crippen LogP contribution < -0.4 is 0 Å². The normalized spacial score (nSPS) is 18.2. The van der Waals surface area contributed by atoms with E-state index in [4.69, 9.17) is 4.74 Å². The standard InChI is InChI=1S/C15H19N3O2S/c1-20-8-7-18(11-6-9-21-10-11)15(19)14-12-4-2-3-5-13(12)16-17-14/h2-5,11H,6-10H2,1H3,(H,16,17). The Labute approximate surface area is 128 Å². The first kappa shape index (κ1) is 14.4. The van der Waals surface area contributed by atoms with Crippen LogP contribution in [0.1, 0.15) is 16.9 Å². The van der Waals surface area contributed by atoms with Crippen LogP contribution in [0.3, 0.4) is 0 Å². The van der Waals surface area contributed by atoms with Gasteiger partial charge in [0.15, 0.2) is 5.69 Å². The molecular formula is C15H19N3O2S. The first-order chi connectivity index (χ1) is 10.3. The summed E-state index contributed by atoms with van der Waals surface area (Å²) in [5, 5.41) is 8.05. The molecule has 1 aromatic carbocycles. The fourth-order valence-electron chi connectivity index (χ4n) is 2.67. The molecule has 112 valence electrons. The number of carbonyl (C=O) groups is 1. The summed E-state index contributed by atoms with van der Waals surface area (Å²) in [6.45, 7) is 1.16. The number of fused-ring (bicyclic) bond motifs is 1. The van der Waals surface area contributed by atoms with Gasteiger partial charge in [0.2, 0.25) is 0 Å². The molecule has 1 aliphatic heterocycles. The fourth-order valence-corrected chi connectivity index (χ4v) is 3.89. The van der Waals surface area contributed by atoms with E-state index in [0.717, 1.165) is 28.8 Å². The topological polar surface area (TPSA) is 58.2 Å². The number of ether oxygens (including phenoxy) is 1. The molecule has 1 saturated heterocycles. The summed E-state index contributed by atoms with van der Waals surface area (Å²) < 4.78 is 5.16. The summed E-state index contributed by atoms with van der Waals surface area (Å²) in [7, 11) is 1.66. The lowest BCUT2D eigenvalue weighted by Crippen LogP contribution is -2.42. The molecule has 2 aromatic rings. The van der Waals surface area contributed by atoms with Crippen LogP contribution in [0.25, 0.3) is 10.9 Å². The van der Waals surface area contributed by atoms with Gasteiger partial charge >= 0.3 is 0 Å². The van der Waals surface area contributed by atoms with Crippen LogP contribution in [-0.2, 0) is 4.74 Å². The lowest BCUT2D eigenvalue weighted by molar-refractivity contribution is 0.0620. The molecule has 1 unspecified atom stereocenters. The minimum atomic E-state index is -0.00278. The molecule has 3 rings (SSSR count). The van der Waals surface area contributed by atoms with E-state index in [1.807, 2.05) is 40.9 Å². The van der Waals surface area contributed by atoms with E-state index < -0.39 is 0 Å². The van der Waals surface area contributed by atoms with Gasteiger partial charge in [-0.15, -0.1) is 0 Å². The number of aromatic nitrogens is 2. The molecule has 0 spiro atoms. The Morgan fingerprint density at radius 1 is 1.52 bits per heavy atom. The Kier molecular flexibility index (Phi) is 4.45. The monoisotopic (exact) mass is 305 g/mol.